The predicted molar refractivity (Wildman–Crippen MR) is 199 cm³/mol. The average Bonchev–Trinajstić information content (AvgIpc) is 3.46. The Kier molecular flexibility index (Phi) is 10.4. The molecule has 2 amide bonds. The number of halogens is 1. The summed E-state index contributed by atoms with van der Waals surface area (Å²) in [5, 5.41) is 3.08. The lowest BCUT2D eigenvalue weighted by atomic mass is 10.1. The Morgan fingerprint density at radius 3 is 2.17 bits per heavy atom. The second kappa shape index (κ2) is 15.2. The molecule has 13 nitrogen and oxygen atoms in total. The summed E-state index contributed by atoms with van der Waals surface area (Å²) in [6.45, 7) is -0.602. The molecule has 0 bridgehead atoms. The number of esters is 1. The number of anilines is 4. The fraction of sp³-hybridized carbons (Fsp3) is 0.0811. The van der Waals surface area contributed by atoms with E-state index in [4.69, 9.17) is 16.3 Å². The quantitative estimate of drug-likeness (QED) is 0.129. The summed E-state index contributed by atoms with van der Waals surface area (Å²) in [5.41, 5.74) is 3.59. The van der Waals surface area contributed by atoms with Gasteiger partial charge in [0.1, 0.15) is 11.5 Å². The molecule has 0 radical (unpaired) electrons. The highest BCUT2D eigenvalue weighted by Crippen LogP contribution is 2.29. The zero-order chi connectivity index (χ0) is 36.8. The number of ether oxygens (including phenoxy) is 1. The molecule has 0 spiro atoms. The Balaban J connectivity index is 1.10. The van der Waals surface area contributed by atoms with Crippen molar-refractivity contribution in [2.24, 2.45) is 4.99 Å². The number of sulfonamides is 1. The minimum absolute atomic E-state index is 0.0721. The number of amidine groups is 1. The summed E-state index contributed by atoms with van der Waals surface area (Å²) >= 11 is 6.12. The van der Waals surface area contributed by atoms with E-state index in [1.165, 1.54) is 53.7 Å². The highest BCUT2D eigenvalue weighted by molar-refractivity contribution is 7.92. The van der Waals surface area contributed by atoms with Gasteiger partial charge in [0.25, 0.3) is 21.8 Å². The van der Waals surface area contributed by atoms with E-state index in [0.717, 1.165) is 11.3 Å². The van der Waals surface area contributed by atoms with Crippen LogP contribution in [-0.4, -0.2) is 62.7 Å². The SMILES string of the molecule is CN(C)c1ccc(/C=C2\N=C(c3ccc(Cl)cc3)N(c3ccc(C(=O)OCC(=O)Nc4ccc(S(=O)(=O)Nc5ncccn5)cc4)cc3)C2=O)cc1. The second-order valence-corrected chi connectivity index (χ2v) is 13.6. The van der Waals surface area contributed by atoms with Gasteiger partial charge in [-0.2, -0.15) is 0 Å². The summed E-state index contributed by atoms with van der Waals surface area (Å²) in [6, 6.07) is 27.7. The Hall–Kier alpha value is -6.38. The standard InChI is InChI=1S/C37H30ClN7O6S/c1-44(2)29-14-4-24(5-15-29)22-32-35(47)45(34(42-32)25-6-10-27(38)11-7-25)30-16-8-26(9-17-30)36(48)51-23-33(46)41-28-12-18-31(19-13-28)52(49,50)43-37-39-20-3-21-40-37/h3-22H,23H2,1-2H3,(H,41,46)(H,39,40,43)/b32-22-. The Morgan fingerprint density at radius 1 is 0.885 bits per heavy atom. The molecule has 1 aliphatic heterocycles. The lowest BCUT2D eigenvalue weighted by Gasteiger charge is -2.19. The van der Waals surface area contributed by atoms with Gasteiger partial charge < -0.3 is 15.0 Å². The summed E-state index contributed by atoms with van der Waals surface area (Å²) in [4.78, 5) is 54.8. The number of hydrogen-bond donors (Lipinski definition) is 2. The van der Waals surface area contributed by atoms with E-state index >= 15 is 0 Å². The van der Waals surface area contributed by atoms with E-state index in [9.17, 15) is 22.8 Å². The van der Waals surface area contributed by atoms with Crippen molar-refractivity contribution < 1.29 is 27.5 Å². The Morgan fingerprint density at radius 2 is 1.54 bits per heavy atom. The molecule has 0 aliphatic carbocycles. The van der Waals surface area contributed by atoms with Crippen molar-refractivity contribution in [1.29, 1.82) is 0 Å². The minimum Gasteiger partial charge on any atom is -0.452 e. The fourth-order valence-electron chi connectivity index (χ4n) is 4.98. The molecule has 0 saturated heterocycles. The molecule has 262 valence electrons. The maximum atomic E-state index is 13.8. The van der Waals surface area contributed by atoms with Crippen LogP contribution in [0.5, 0.6) is 0 Å². The molecule has 1 aromatic heterocycles. The van der Waals surface area contributed by atoms with Crippen molar-refractivity contribution in [2.45, 2.75) is 4.90 Å². The first kappa shape index (κ1) is 35.4. The van der Waals surface area contributed by atoms with Crippen molar-refractivity contribution in [2.75, 3.05) is 40.5 Å². The average molecular weight is 736 g/mol. The van der Waals surface area contributed by atoms with Crippen molar-refractivity contribution >= 4 is 74.3 Å². The van der Waals surface area contributed by atoms with E-state index < -0.39 is 28.5 Å². The van der Waals surface area contributed by atoms with E-state index in [0.29, 0.717) is 22.1 Å². The van der Waals surface area contributed by atoms with Gasteiger partial charge in [0, 0.05) is 48.4 Å². The van der Waals surface area contributed by atoms with Crippen LogP contribution in [0.1, 0.15) is 21.5 Å². The number of benzene rings is 4. The molecule has 5 aromatic rings. The number of carbonyl (C=O) groups is 3. The molecule has 52 heavy (non-hydrogen) atoms. The third kappa shape index (κ3) is 8.31. The largest absolute Gasteiger partial charge is 0.452 e. The summed E-state index contributed by atoms with van der Waals surface area (Å²) < 4.78 is 32.6. The number of nitrogens with one attached hydrogen (secondary N) is 2. The van der Waals surface area contributed by atoms with Gasteiger partial charge in [-0.15, -0.1) is 0 Å². The molecule has 0 saturated carbocycles. The molecule has 1 aliphatic rings. The smallest absolute Gasteiger partial charge is 0.338 e. The molecule has 6 rings (SSSR count). The van der Waals surface area contributed by atoms with Crippen LogP contribution in [0.15, 0.2) is 131 Å². The van der Waals surface area contributed by atoms with Gasteiger partial charge in [0.15, 0.2) is 6.61 Å². The first-order valence-electron chi connectivity index (χ1n) is 15.6. The van der Waals surface area contributed by atoms with E-state index in [1.54, 1.807) is 48.5 Å². The minimum atomic E-state index is -3.96. The summed E-state index contributed by atoms with van der Waals surface area (Å²) in [6.07, 6.45) is 4.51. The highest BCUT2D eigenvalue weighted by Gasteiger charge is 2.32. The second-order valence-electron chi connectivity index (χ2n) is 11.5. The van der Waals surface area contributed by atoms with Crippen molar-refractivity contribution in [3.63, 3.8) is 0 Å². The number of aromatic nitrogens is 2. The molecule has 0 fully saturated rings. The zero-order valence-corrected chi connectivity index (χ0v) is 29.3. The van der Waals surface area contributed by atoms with Crippen molar-refractivity contribution in [3.8, 4) is 0 Å². The van der Waals surface area contributed by atoms with Gasteiger partial charge in [-0.1, -0.05) is 23.7 Å². The molecule has 15 heteroatoms. The zero-order valence-electron chi connectivity index (χ0n) is 27.7. The third-order valence-corrected chi connectivity index (χ3v) is 9.21. The van der Waals surface area contributed by atoms with Crippen LogP contribution in [0, 0.1) is 0 Å². The monoisotopic (exact) mass is 735 g/mol. The van der Waals surface area contributed by atoms with Gasteiger partial charge in [0.2, 0.25) is 5.95 Å². The molecule has 2 heterocycles. The van der Waals surface area contributed by atoms with E-state index in [2.05, 4.69) is 25.0 Å². The molecule has 0 atom stereocenters. The van der Waals surface area contributed by atoms with Crippen LogP contribution in [0.25, 0.3) is 6.08 Å². The number of amides is 2. The van der Waals surface area contributed by atoms with Gasteiger partial charge in [0.05, 0.1) is 16.1 Å². The number of carbonyl (C=O) groups excluding carboxylic acids is 3. The fourth-order valence-corrected chi connectivity index (χ4v) is 6.07. The molecule has 0 unspecified atom stereocenters. The van der Waals surface area contributed by atoms with Crippen LogP contribution in [0.4, 0.5) is 23.0 Å². The first-order valence-corrected chi connectivity index (χ1v) is 17.5. The molecule has 4 aromatic carbocycles. The van der Waals surface area contributed by atoms with Crippen LogP contribution < -0.4 is 19.8 Å². The highest BCUT2D eigenvalue weighted by atomic mass is 35.5. The summed E-state index contributed by atoms with van der Waals surface area (Å²) in [7, 11) is -0.0670. The molecular weight excluding hydrogens is 706 g/mol. The molecule has 2 N–H and O–H groups in total. The van der Waals surface area contributed by atoms with Crippen LogP contribution in [0.3, 0.4) is 0 Å². The van der Waals surface area contributed by atoms with Crippen LogP contribution in [-0.2, 0) is 24.3 Å². The lowest BCUT2D eigenvalue weighted by Crippen LogP contribution is -2.32. The Labute approximate surface area is 304 Å². The van der Waals surface area contributed by atoms with Crippen LogP contribution >= 0.6 is 11.6 Å². The number of aliphatic imine (C=N–C) groups is 1. The predicted octanol–water partition coefficient (Wildman–Crippen LogP) is 5.63. The van der Waals surface area contributed by atoms with E-state index in [1.807, 2.05) is 43.3 Å². The third-order valence-electron chi connectivity index (χ3n) is 7.61. The normalized spacial score (nSPS) is 13.4. The van der Waals surface area contributed by atoms with E-state index in [-0.39, 0.29) is 33.7 Å². The summed E-state index contributed by atoms with van der Waals surface area (Å²) in [5.74, 6) is -1.46. The van der Waals surface area contributed by atoms with Crippen LogP contribution in [0.2, 0.25) is 5.02 Å². The number of hydrogen-bond acceptors (Lipinski definition) is 10. The van der Waals surface area contributed by atoms with Gasteiger partial charge >= 0.3 is 5.97 Å². The van der Waals surface area contributed by atoms with Crippen molar-refractivity contribution in [1.82, 2.24) is 9.97 Å². The van der Waals surface area contributed by atoms with Crippen molar-refractivity contribution in [3.05, 3.63) is 143 Å². The maximum Gasteiger partial charge on any atom is 0.338 e. The van der Waals surface area contributed by atoms with Gasteiger partial charge in [-0.25, -0.2) is 32.9 Å². The van der Waals surface area contributed by atoms with Gasteiger partial charge in [-0.05, 0) is 103 Å². The molecular formula is C37H30ClN7O6S. The number of nitrogens with zero attached hydrogens (tertiary/aromatic N) is 5. The first-order chi connectivity index (χ1) is 25.0. The lowest BCUT2D eigenvalue weighted by molar-refractivity contribution is -0.119. The topological polar surface area (TPSA) is 163 Å². The number of rotatable bonds is 11. The Bertz CT molecular complexity index is 2280. The maximum absolute atomic E-state index is 13.8. The van der Waals surface area contributed by atoms with Gasteiger partial charge in [-0.3, -0.25) is 14.5 Å².